The topological polar surface area (TPSA) is 16.4 Å². The van der Waals surface area contributed by atoms with Crippen molar-refractivity contribution >= 4 is 5.52 Å². The summed E-state index contributed by atoms with van der Waals surface area (Å²) in [6.07, 6.45) is 4.38. The molecule has 0 saturated heterocycles. The Bertz CT molecular complexity index is 427. The summed E-state index contributed by atoms with van der Waals surface area (Å²) in [6.45, 7) is 6.22. The standard InChI is InChI=1S/C13H18N2.C2H6/c1-3-11(14-2)10-13-8-7-12-6-4-5-9-15(12)13;1-2/h4-9,11,14H,3,10H2,1-2H3;1-2H3. The van der Waals surface area contributed by atoms with Crippen LogP contribution in [0.5, 0.6) is 0 Å². The monoisotopic (exact) mass is 232 g/mol. The summed E-state index contributed by atoms with van der Waals surface area (Å²) in [6, 6.07) is 11.3. The molecule has 2 heterocycles. The molecule has 2 rings (SSSR count). The zero-order chi connectivity index (χ0) is 12.7. The van der Waals surface area contributed by atoms with Gasteiger partial charge in [0.15, 0.2) is 0 Å². The van der Waals surface area contributed by atoms with Crippen molar-refractivity contribution < 1.29 is 0 Å². The molecule has 1 N–H and O–H groups in total. The summed E-state index contributed by atoms with van der Waals surface area (Å²) in [4.78, 5) is 0. The molecule has 0 aliphatic carbocycles. The number of pyridine rings is 1. The SMILES string of the molecule is CC.CCC(Cc1ccc2ccccn12)NC. The molecule has 17 heavy (non-hydrogen) atoms. The van der Waals surface area contributed by atoms with E-state index in [1.165, 1.54) is 11.2 Å². The first kappa shape index (κ1) is 13.8. The third-order valence-corrected chi connectivity index (χ3v) is 3.00. The number of likely N-dealkylation sites (N-methyl/N-ethyl adjacent to an activating group) is 1. The van der Waals surface area contributed by atoms with Gasteiger partial charge in [-0.2, -0.15) is 0 Å². The molecule has 0 amide bonds. The summed E-state index contributed by atoms with van der Waals surface area (Å²) in [5.74, 6) is 0. The van der Waals surface area contributed by atoms with Gasteiger partial charge in [-0.1, -0.05) is 26.8 Å². The van der Waals surface area contributed by atoms with E-state index in [1.54, 1.807) is 0 Å². The van der Waals surface area contributed by atoms with E-state index in [0.717, 1.165) is 12.8 Å². The quantitative estimate of drug-likeness (QED) is 0.853. The highest BCUT2D eigenvalue weighted by Gasteiger charge is 2.07. The van der Waals surface area contributed by atoms with Gasteiger partial charge in [-0.05, 0) is 37.7 Å². The van der Waals surface area contributed by atoms with E-state index in [1.807, 2.05) is 20.9 Å². The fraction of sp³-hybridized carbons (Fsp3) is 0.467. The van der Waals surface area contributed by atoms with Crippen LogP contribution >= 0.6 is 0 Å². The second kappa shape index (κ2) is 7.13. The minimum absolute atomic E-state index is 0.573. The fourth-order valence-corrected chi connectivity index (χ4v) is 1.98. The molecule has 1 atom stereocenters. The van der Waals surface area contributed by atoms with Gasteiger partial charge in [0.25, 0.3) is 0 Å². The lowest BCUT2D eigenvalue weighted by Crippen LogP contribution is -2.27. The van der Waals surface area contributed by atoms with Gasteiger partial charge < -0.3 is 9.72 Å². The first-order valence-electron chi connectivity index (χ1n) is 6.57. The number of fused-ring (bicyclic) bond motifs is 1. The molecule has 2 heteroatoms. The van der Waals surface area contributed by atoms with E-state index in [-0.39, 0.29) is 0 Å². The molecule has 0 radical (unpaired) electrons. The molecule has 2 aromatic rings. The van der Waals surface area contributed by atoms with E-state index >= 15 is 0 Å². The Kier molecular flexibility index (Phi) is 5.78. The van der Waals surface area contributed by atoms with E-state index in [2.05, 4.69) is 53.2 Å². The van der Waals surface area contributed by atoms with Crippen molar-refractivity contribution in [2.24, 2.45) is 0 Å². The third kappa shape index (κ3) is 3.34. The zero-order valence-corrected chi connectivity index (χ0v) is 11.4. The van der Waals surface area contributed by atoms with Crippen molar-refractivity contribution in [3.63, 3.8) is 0 Å². The van der Waals surface area contributed by atoms with Gasteiger partial charge in [0, 0.05) is 29.9 Å². The molecule has 2 aromatic heterocycles. The average molecular weight is 232 g/mol. The van der Waals surface area contributed by atoms with Crippen LogP contribution in [0.25, 0.3) is 5.52 Å². The molecule has 1 unspecified atom stereocenters. The summed E-state index contributed by atoms with van der Waals surface area (Å²) in [7, 11) is 2.03. The maximum absolute atomic E-state index is 3.34. The Labute approximate surface area is 105 Å². The molecular formula is C15H24N2. The number of hydrogen-bond donors (Lipinski definition) is 1. The zero-order valence-electron chi connectivity index (χ0n) is 11.4. The van der Waals surface area contributed by atoms with Crippen LogP contribution in [-0.4, -0.2) is 17.5 Å². The van der Waals surface area contributed by atoms with Crippen LogP contribution in [0.3, 0.4) is 0 Å². The van der Waals surface area contributed by atoms with E-state index in [9.17, 15) is 0 Å². The molecule has 0 aliphatic rings. The average Bonchev–Trinajstić information content (AvgIpc) is 2.81. The molecule has 0 saturated carbocycles. The van der Waals surface area contributed by atoms with Gasteiger partial charge >= 0.3 is 0 Å². The first-order chi connectivity index (χ1) is 8.35. The molecule has 0 spiro atoms. The van der Waals surface area contributed by atoms with Gasteiger partial charge in [0.2, 0.25) is 0 Å². The third-order valence-electron chi connectivity index (χ3n) is 3.00. The van der Waals surface area contributed by atoms with Gasteiger partial charge in [0.05, 0.1) is 0 Å². The number of aromatic nitrogens is 1. The second-order valence-corrected chi connectivity index (χ2v) is 3.92. The van der Waals surface area contributed by atoms with Crippen LogP contribution in [0.15, 0.2) is 36.5 Å². The smallest absolute Gasteiger partial charge is 0.0452 e. The summed E-state index contributed by atoms with van der Waals surface area (Å²) in [5, 5.41) is 3.34. The lowest BCUT2D eigenvalue weighted by atomic mass is 10.1. The van der Waals surface area contributed by atoms with Gasteiger partial charge in [-0.3, -0.25) is 0 Å². The fourth-order valence-electron chi connectivity index (χ4n) is 1.98. The lowest BCUT2D eigenvalue weighted by Gasteiger charge is -2.13. The maximum atomic E-state index is 3.34. The van der Waals surface area contributed by atoms with Crippen LogP contribution in [0, 0.1) is 0 Å². The Morgan fingerprint density at radius 2 is 1.94 bits per heavy atom. The van der Waals surface area contributed by atoms with Crippen LogP contribution in [0.1, 0.15) is 32.9 Å². The van der Waals surface area contributed by atoms with Gasteiger partial charge in [-0.25, -0.2) is 0 Å². The predicted octanol–water partition coefficient (Wildman–Crippen LogP) is 3.51. The van der Waals surface area contributed by atoms with Crippen molar-refractivity contribution in [1.29, 1.82) is 0 Å². The minimum Gasteiger partial charge on any atom is -0.321 e. The number of hydrogen-bond acceptors (Lipinski definition) is 1. The van der Waals surface area contributed by atoms with Crippen LogP contribution in [0.2, 0.25) is 0 Å². The molecule has 0 bridgehead atoms. The number of nitrogens with zero attached hydrogens (tertiary/aromatic N) is 1. The van der Waals surface area contributed by atoms with Crippen molar-refractivity contribution in [2.75, 3.05) is 7.05 Å². The summed E-state index contributed by atoms with van der Waals surface area (Å²) in [5.41, 5.74) is 2.66. The van der Waals surface area contributed by atoms with Crippen molar-refractivity contribution in [3.05, 3.63) is 42.2 Å². The van der Waals surface area contributed by atoms with Crippen LogP contribution in [0.4, 0.5) is 0 Å². The predicted molar refractivity (Wildman–Crippen MR) is 75.6 cm³/mol. The van der Waals surface area contributed by atoms with E-state index < -0.39 is 0 Å². The second-order valence-electron chi connectivity index (χ2n) is 3.92. The van der Waals surface area contributed by atoms with Gasteiger partial charge in [-0.15, -0.1) is 0 Å². The lowest BCUT2D eigenvalue weighted by molar-refractivity contribution is 0.536. The molecular weight excluding hydrogens is 208 g/mol. The molecule has 94 valence electrons. The Morgan fingerprint density at radius 1 is 1.18 bits per heavy atom. The van der Waals surface area contributed by atoms with Crippen molar-refractivity contribution in [2.45, 2.75) is 39.7 Å². The molecule has 2 nitrogen and oxygen atoms in total. The van der Waals surface area contributed by atoms with Crippen LogP contribution in [-0.2, 0) is 6.42 Å². The minimum atomic E-state index is 0.573. The van der Waals surface area contributed by atoms with Gasteiger partial charge in [0.1, 0.15) is 0 Å². The van der Waals surface area contributed by atoms with Crippen molar-refractivity contribution in [3.8, 4) is 0 Å². The Balaban J connectivity index is 0.000000686. The van der Waals surface area contributed by atoms with E-state index in [0.29, 0.717) is 6.04 Å². The molecule has 0 fully saturated rings. The maximum Gasteiger partial charge on any atom is 0.0452 e. The Morgan fingerprint density at radius 3 is 2.59 bits per heavy atom. The highest BCUT2D eigenvalue weighted by Crippen LogP contribution is 2.12. The Hall–Kier alpha value is -1.28. The number of nitrogens with one attached hydrogen (secondary N) is 1. The summed E-state index contributed by atoms with van der Waals surface area (Å²) < 4.78 is 2.26. The molecule has 0 aromatic carbocycles. The first-order valence-corrected chi connectivity index (χ1v) is 6.57. The summed E-state index contributed by atoms with van der Waals surface area (Å²) >= 11 is 0. The van der Waals surface area contributed by atoms with E-state index in [4.69, 9.17) is 0 Å². The highest BCUT2D eigenvalue weighted by atomic mass is 14.9. The molecule has 0 aliphatic heterocycles. The normalized spacial score (nSPS) is 12.0. The number of rotatable bonds is 4. The largest absolute Gasteiger partial charge is 0.321 e. The highest BCUT2D eigenvalue weighted by molar-refractivity contribution is 5.49. The van der Waals surface area contributed by atoms with Crippen molar-refractivity contribution in [1.82, 2.24) is 9.72 Å². The van der Waals surface area contributed by atoms with Crippen LogP contribution < -0.4 is 5.32 Å².